The van der Waals surface area contributed by atoms with Crippen molar-refractivity contribution in [3.63, 3.8) is 0 Å². The number of benzene rings is 1. The summed E-state index contributed by atoms with van der Waals surface area (Å²) in [6, 6.07) is 6.33. The van der Waals surface area contributed by atoms with Gasteiger partial charge >= 0.3 is 0 Å². The maximum absolute atomic E-state index is 14.4. The van der Waals surface area contributed by atoms with Crippen molar-refractivity contribution in [2.24, 2.45) is 5.92 Å². The van der Waals surface area contributed by atoms with Crippen molar-refractivity contribution in [3.8, 4) is 0 Å². The maximum Gasteiger partial charge on any atom is 0.146 e. The lowest BCUT2D eigenvalue weighted by atomic mass is 9.98. The number of hydrogen-bond acceptors (Lipinski definition) is 3. The standard InChI is InChI=1S/C17H25FN2O/c1-21-12-14-3-2-8-20(11-14)17-7-4-13(9-16(17)18)10-19-15-5-6-15/h4,7,9,14-15,19H,2-3,5-6,8,10-12H2,1H3. The molecule has 1 aromatic carbocycles. The molecule has 3 rings (SSSR count). The van der Waals surface area contributed by atoms with Gasteiger partial charge in [0.05, 0.1) is 12.3 Å². The summed E-state index contributed by atoms with van der Waals surface area (Å²) >= 11 is 0. The molecule has 1 aliphatic heterocycles. The summed E-state index contributed by atoms with van der Waals surface area (Å²) in [5.41, 5.74) is 1.78. The second kappa shape index (κ2) is 6.75. The molecule has 1 aromatic rings. The highest BCUT2D eigenvalue weighted by molar-refractivity contribution is 5.49. The van der Waals surface area contributed by atoms with Gasteiger partial charge in [-0.15, -0.1) is 0 Å². The quantitative estimate of drug-likeness (QED) is 0.872. The van der Waals surface area contributed by atoms with Crippen molar-refractivity contribution in [1.29, 1.82) is 0 Å². The number of nitrogens with zero attached hydrogens (tertiary/aromatic N) is 1. The van der Waals surface area contributed by atoms with Crippen LogP contribution in [-0.2, 0) is 11.3 Å². The molecule has 2 aliphatic rings. The highest BCUT2D eigenvalue weighted by Crippen LogP contribution is 2.27. The molecule has 1 saturated carbocycles. The second-order valence-electron chi connectivity index (χ2n) is 6.35. The van der Waals surface area contributed by atoms with E-state index in [0.29, 0.717) is 12.0 Å². The van der Waals surface area contributed by atoms with Crippen molar-refractivity contribution >= 4 is 5.69 Å². The lowest BCUT2D eigenvalue weighted by Crippen LogP contribution is -2.37. The molecule has 21 heavy (non-hydrogen) atoms. The third kappa shape index (κ3) is 3.95. The van der Waals surface area contributed by atoms with E-state index in [0.717, 1.165) is 43.9 Å². The smallest absolute Gasteiger partial charge is 0.146 e. The zero-order chi connectivity index (χ0) is 14.7. The predicted octanol–water partition coefficient (Wildman–Crippen LogP) is 2.94. The van der Waals surface area contributed by atoms with E-state index in [1.165, 1.54) is 19.3 Å². The SMILES string of the molecule is COCC1CCCN(c2ccc(CNC3CC3)cc2F)C1. The van der Waals surface area contributed by atoms with E-state index >= 15 is 0 Å². The third-order valence-electron chi connectivity index (χ3n) is 4.45. The van der Waals surface area contributed by atoms with Crippen molar-refractivity contribution in [2.75, 3.05) is 31.7 Å². The average molecular weight is 292 g/mol. The first-order valence-electron chi connectivity index (χ1n) is 8.02. The lowest BCUT2D eigenvalue weighted by molar-refractivity contribution is 0.143. The Morgan fingerprint density at radius 1 is 1.33 bits per heavy atom. The Labute approximate surface area is 126 Å². The van der Waals surface area contributed by atoms with Gasteiger partial charge in [-0.05, 0) is 49.3 Å². The first-order valence-corrected chi connectivity index (χ1v) is 8.02. The summed E-state index contributed by atoms with van der Waals surface area (Å²) in [4.78, 5) is 2.17. The van der Waals surface area contributed by atoms with E-state index in [4.69, 9.17) is 4.74 Å². The fourth-order valence-electron chi connectivity index (χ4n) is 3.12. The van der Waals surface area contributed by atoms with Gasteiger partial charge in [0.2, 0.25) is 0 Å². The molecule has 0 bridgehead atoms. The van der Waals surface area contributed by atoms with Crippen LogP contribution in [0.2, 0.25) is 0 Å². The van der Waals surface area contributed by atoms with Gasteiger partial charge in [0, 0.05) is 32.8 Å². The molecular formula is C17H25FN2O. The van der Waals surface area contributed by atoms with Gasteiger partial charge in [-0.25, -0.2) is 4.39 Å². The number of halogens is 1. The topological polar surface area (TPSA) is 24.5 Å². The maximum atomic E-state index is 14.4. The van der Waals surface area contributed by atoms with Crippen LogP contribution in [0.25, 0.3) is 0 Å². The van der Waals surface area contributed by atoms with Crippen LogP contribution in [-0.4, -0.2) is 32.8 Å². The van der Waals surface area contributed by atoms with Gasteiger partial charge in [-0.1, -0.05) is 6.07 Å². The summed E-state index contributed by atoms with van der Waals surface area (Å²) < 4.78 is 19.6. The zero-order valence-electron chi connectivity index (χ0n) is 12.8. The second-order valence-corrected chi connectivity index (χ2v) is 6.35. The first kappa shape index (κ1) is 14.8. The Kier molecular flexibility index (Phi) is 4.76. The van der Waals surface area contributed by atoms with Crippen LogP contribution in [0.4, 0.5) is 10.1 Å². The fourth-order valence-corrected chi connectivity index (χ4v) is 3.12. The Morgan fingerprint density at radius 2 is 2.19 bits per heavy atom. The minimum absolute atomic E-state index is 0.0943. The molecule has 1 unspecified atom stereocenters. The van der Waals surface area contributed by atoms with E-state index in [1.54, 1.807) is 13.2 Å². The molecule has 116 valence electrons. The molecule has 0 spiro atoms. The minimum Gasteiger partial charge on any atom is -0.384 e. The summed E-state index contributed by atoms with van der Waals surface area (Å²) in [6.07, 6.45) is 4.80. The molecule has 1 N–H and O–H groups in total. The molecule has 0 aromatic heterocycles. The summed E-state index contributed by atoms with van der Waals surface area (Å²) in [6.45, 7) is 3.37. The molecule has 1 atom stereocenters. The molecule has 2 fully saturated rings. The summed E-state index contributed by atoms with van der Waals surface area (Å²) in [5, 5.41) is 3.43. The van der Waals surface area contributed by atoms with E-state index < -0.39 is 0 Å². The molecule has 0 radical (unpaired) electrons. The van der Waals surface area contributed by atoms with E-state index in [2.05, 4.69) is 10.2 Å². The highest BCUT2D eigenvalue weighted by Gasteiger charge is 2.23. The zero-order valence-corrected chi connectivity index (χ0v) is 12.8. The molecule has 1 aliphatic carbocycles. The first-order chi connectivity index (χ1) is 10.3. The molecule has 1 heterocycles. The van der Waals surface area contributed by atoms with Crippen molar-refractivity contribution in [3.05, 3.63) is 29.6 Å². The number of piperidine rings is 1. The highest BCUT2D eigenvalue weighted by atomic mass is 19.1. The number of ether oxygens (including phenoxy) is 1. The van der Waals surface area contributed by atoms with Crippen molar-refractivity contribution < 1.29 is 9.13 Å². The van der Waals surface area contributed by atoms with Crippen LogP contribution in [0.3, 0.4) is 0 Å². The van der Waals surface area contributed by atoms with E-state index in [1.807, 2.05) is 12.1 Å². The average Bonchev–Trinajstić information content (AvgIpc) is 3.30. The monoisotopic (exact) mass is 292 g/mol. The van der Waals surface area contributed by atoms with Gasteiger partial charge < -0.3 is 15.0 Å². The van der Waals surface area contributed by atoms with Crippen molar-refractivity contribution in [1.82, 2.24) is 5.32 Å². The normalized spacial score (nSPS) is 22.6. The molecule has 0 amide bonds. The minimum atomic E-state index is -0.0943. The molecular weight excluding hydrogens is 267 g/mol. The fraction of sp³-hybridized carbons (Fsp3) is 0.647. The van der Waals surface area contributed by atoms with Gasteiger partial charge in [0.25, 0.3) is 0 Å². The van der Waals surface area contributed by atoms with Crippen LogP contribution in [0.15, 0.2) is 18.2 Å². The lowest BCUT2D eigenvalue weighted by Gasteiger charge is -2.34. The molecule has 1 saturated heterocycles. The Morgan fingerprint density at radius 3 is 2.90 bits per heavy atom. The predicted molar refractivity (Wildman–Crippen MR) is 83.1 cm³/mol. The molecule has 3 nitrogen and oxygen atoms in total. The summed E-state index contributed by atoms with van der Waals surface area (Å²) in [7, 11) is 1.74. The summed E-state index contributed by atoms with van der Waals surface area (Å²) in [5.74, 6) is 0.419. The van der Waals surface area contributed by atoms with Gasteiger partial charge in [0.15, 0.2) is 0 Å². The van der Waals surface area contributed by atoms with Crippen LogP contribution in [0.5, 0.6) is 0 Å². The van der Waals surface area contributed by atoms with Crippen LogP contribution < -0.4 is 10.2 Å². The van der Waals surface area contributed by atoms with Crippen LogP contribution in [0.1, 0.15) is 31.2 Å². The van der Waals surface area contributed by atoms with E-state index in [-0.39, 0.29) is 5.82 Å². The third-order valence-corrected chi connectivity index (χ3v) is 4.45. The van der Waals surface area contributed by atoms with Gasteiger partial charge in [0.1, 0.15) is 5.82 Å². The number of hydrogen-bond donors (Lipinski definition) is 1. The Hall–Kier alpha value is -1.13. The number of methoxy groups -OCH3 is 1. The van der Waals surface area contributed by atoms with Gasteiger partial charge in [-0.3, -0.25) is 0 Å². The van der Waals surface area contributed by atoms with Crippen LogP contribution >= 0.6 is 0 Å². The largest absolute Gasteiger partial charge is 0.384 e. The van der Waals surface area contributed by atoms with E-state index in [9.17, 15) is 4.39 Å². The Bertz CT molecular complexity index is 474. The number of nitrogens with one attached hydrogen (secondary N) is 1. The molecule has 4 heteroatoms. The van der Waals surface area contributed by atoms with Crippen LogP contribution in [0, 0.1) is 11.7 Å². The number of rotatable bonds is 6. The van der Waals surface area contributed by atoms with Crippen molar-refractivity contribution in [2.45, 2.75) is 38.3 Å². The Balaban J connectivity index is 1.63. The number of anilines is 1. The van der Waals surface area contributed by atoms with Gasteiger partial charge in [-0.2, -0.15) is 0 Å².